The van der Waals surface area contributed by atoms with Crippen molar-refractivity contribution in [2.75, 3.05) is 19.0 Å². The normalized spacial score (nSPS) is 11.6. The maximum absolute atomic E-state index is 4.49. The number of hydrogen-bond donors (Lipinski definition) is 0. The zero-order chi connectivity index (χ0) is 10.9. The molecule has 0 bridgehead atoms. The predicted molar refractivity (Wildman–Crippen MR) is 62.8 cm³/mol. The van der Waals surface area contributed by atoms with Crippen molar-refractivity contribution in [1.29, 1.82) is 0 Å². The van der Waals surface area contributed by atoms with Gasteiger partial charge in [-0.1, -0.05) is 20.8 Å². The Hall–Kier alpha value is -0.640. The van der Waals surface area contributed by atoms with Gasteiger partial charge in [0.25, 0.3) is 0 Å². The third kappa shape index (κ3) is 2.67. The molecule has 1 aromatic heterocycles. The van der Waals surface area contributed by atoms with Crippen LogP contribution in [0.2, 0.25) is 0 Å². The van der Waals surface area contributed by atoms with Gasteiger partial charge >= 0.3 is 0 Å². The molecule has 0 amide bonds. The minimum Gasteiger partial charge on any atom is -0.363 e. The average Bonchev–Trinajstić information content (AvgIpc) is 2.01. The van der Waals surface area contributed by atoms with Crippen molar-refractivity contribution in [3.05, 3.63) is 16.5 Å². The lowest BCUT2D eigenvalue weighted by atomic mass is 9.96. The van der Waals surface area contributed by atoms with E-state index in [-0.39, 0.29) is 5.41 Å². The third-order valence-corrected chi connectivity index (χ3v) is 2.22. The minimum atomic E-state index is -0.0193. The van der Waals surface area contributed by atoms with E-state index in [4.69, 9.17) is 0 Å². The highest BCUT2D eigenvalue weighted by Gasteiger charge is 2.18. The molecule has 0 atom stereocenters. The molecule has 1 aromatic rings. The van der Waals surface area contributed by atoms with Crippen molar-refractivity contribution in [2.45, 2.75) is 26.2 Å². The Kier molecular flexibility index (Phi) is 3.14. The van der Waals surface area contributed by atoms with Crippen LogP contribution in [0.1, 0.15) is 26.6 Å². The van der Waals surface area contributed by atoms with E-state index in [1.54, 1.807) is 0 Å². The molecule has 0 aliphatic heterocycles. The second-order valence-electron chi connectivity index (χ2n) is 4.52. The third-order valence-electron chi connectivity index (χ3n) is 1.81. The Balaban J connectivity index is 3.21. The summed E-state index contributed by atoms with van der Waals surface area (Å²) in [4.78, 5) is 10.8. The lowest BCUT2D eigenvalue weighted by molar-refractivity contribution is 0.543. The van der Waals surface area contributed by atoms with Crippen molar-refractivity contribution in [3.63, 3.8) is 0 Å². The van der Waals surface area contributed by atoms with Crippen LogP contribution in [-0.4, -0.2) is 24.1 Å². The van der Waals surface area contributed by atoms with Crippen LogP contribution in [0.3, 0.4) is 0 Å². The second kappa shape index (κ2) is 3.85. The fourth-order valence-corrected chi connectivity index (χ4v) is 1.34. The van der Waals surface area contributed by atoms with Crippen LogP contribution < -0.4 is 4.90 Å². The van der Waals surface area contributed by atoms with Crippen LogP contribution in [-0.2, 0) is 5.41 Å². The van der Waals surface area contributed by atoms with Gasteiger partial charge in [-0.05, 0) is 15.9 Å². The first-order valence-electron chi connectivity index (χ1n) is 4.53. The number of aromatic nitrogens is 2. The van der Waals surface area contributed by atoms with Gasteiger partial charge in [-0.25, -0.2) is 9.97 Å². The molecular formula is C10H16BrN3. The summed E-state index contributed by atoms with van der Waals surface area (Å²) in [5, 5.41) is 0. The van der Waals surface area contributed by atoms with E-state index < -0.39 is 0 Å². The number of anilines is 1. The van der Waals surface area contributed by atoms with Gasteiger partial charge in [-0.2, -0.15) is 0 Å². The standard InChI is InChI=1S/C10H16BrN3/c1-10(2,3)9-12-7(11)6-8(13-9)14(4)5/h6H,1-5H3. The first-order chi connectivity index (χ1) is 6.30. The van der Waals surface area contributed by atoms with Crippen molar-refractivity contribution in [2.24, 2.45) is 0 Å². The summed E-state index contributed by atoms with van der Waals surface area (Å²) in [5.41, 5.74) is -0.0193. The first kappa shape index (κ1) is 11.4. The van der Waals surface area contributed by atoms with E-state index in [1.165, 1.54) is 0 Å². The fourth-order valence-electron chi connectivity index (χ4n) is 0.970. The Morgan fingerprint density at radius 1 is 1.21 bits per heavy atom. The maximum atomic E-state index is 4.49. The molecule has 0 saturated heterocycles. The van der Waals surface area contributed by atoms with E-state index in [9.17, 15) is 0 Å². The van der Waals surface area contributed by atoms with Gasteiger partial charge in [0.1, 0.15) is 16.2 Å². The quantitative estimate of drug-likeness (QED) is 0.725. The molecule has 0 saturated carbocycles. The van der Waals surface area contributed by atoms with Gasteiger partial charge in [-0.15, -0.1) is 0 Å². The fraction of sp³-hybridized carbons (Fsp3) is 0.600. The first-order valence-corrected chi connectivity index (χ1v) is 5.32. The van der Waals surface area contributed by atoms with Crippen LogP contribution in [0.4, 0.5) is 5.82 Å². The molecule has 1 heterocycles. The summed E-state index contributed by atoms with van der Waals surface area (Å²) in [5.74, 6) is 1.78. The number of nitrogens with zero attached hydrogens (tertiary/aromatic N) is 3. The van der Waals surface area contributed by atoms with Crippen molar-refractivity contribution < 1.29 is 0 Å². The van der Waals surface area contributed by atoms with Crippen LogP contribution in [0.25, 0.3) is 0 Å². The molecule has 0 fully saturated rings. The lowest BCUT2D eigenvalue weighted by Crippen LogP contribution is -2.19. The lowest BCUT2D eigenvalue weighted by Gasteiger charge is -2.19. The second-order valence-corrected chi connectivity index (χ2v) is 5.33. The summed E-state index contributed by atoms with van der Waals surface area (Å²) >= 11 is 3.40. The van der Waals surface area contributed by atoms with E-state index >= 15 is 0 Å². The molecule has 0 aliphatic carbocycles. The molecule has 0 aliphatic rings. The highest BCUT2D eigenvalue weighted by atomic mass is 79.9. The Morgan fingerprint density at radius 3 is 2.21 bits per heavy atom. The van der Waals surface area contributed by atoms with Crippen LogP contribution in [0.5, 0.6) is 0 Å². The number of hydrogen-bond acceptors (Lipinski definition) is 3. The zero-order valence-corrected chi connectivity index (χ0v) is 10.9. The SMILES string of the molecule is CN(C)c1cc(Br)nc(C(C)(C)C)n1. The zero-order valence-electron chi connectivity index (χ0n) is 9.30. The molecule has 0 N–H and O–H groups in total. The molecule has 0 aromatic carbocycles. The van der Waals surface area contributed by atoms with Gasteiger partial charge in [0.15, 0.2) is 0 Å². The smallest absolute Gasteiger partial charge is 0.137 e. The van der Waals surface area contributed by atoms with Crippen LogP contribution in [0.15, 0.2) is 10.7 Å². The largest absolute Gasteiger partial charge is 0.363 e. The molecule has 3 nitrogen and oxygen atoms in total. The molecule has 4 heteroatoms. The van der Waals surface area contributed by atoms with Gasteiger partial charge in [0, 0.05) is 25.6 Å². The highest BCUT2D eigenvalue weighted by Crippen LogP contribution is 2.23. The van der Waals surface area contributed by atoms with E-state index in [1.807, 2.05) is 25.1 Å². The van der Waals surface area contributed by atoms with Crippen molar-refractivity contribution in [1.82, 2.24) is 9.97 Å². The molecular weight excluding hydrogens is 242 g/mol. The van der Waals surface area contributed by atoms with Crippen LogP contribution in [0, 0.1) is 0 Å². The molecule has 78 valence electrons. The average molecular weight is 258 g/mol. The van der Waals surface area contributed by atoms with Gasteiger partial charge in [-0.3, -0.25) is 0 Å². The van der Waals surface area contributed by atoms with E-state index in [0.29, 0.717) is 0 Å². The minimum absolute atomic E-state index is 0.0193. The summed E-state index contributed by atoms with van der Waals surface area (Å²) < 4.78 is 0.834. The van der Waals surface area contributed by atoms with E-state index in [2.05, 4.69) is 46.7 Å². The van der Waals surface area contributed by atoms with Crippen molar-refractivity contribution in [3.8, 4) is 0 Å². The Bertz CT molecular complexity index is 329. The van der Waals surface area contributed by atoms with Gasteiger partial charge < -0.3 is 4.90 Å². The molecule has 1 rings (SSSR count). The summed E-state index contributed by atoms with van der Waals surface area (Å²) in [6, 6.07) is 1.91. The number of rotatable bonds is 1. The van der Waals surface area contributed by atoms with Gasteiger partial charge in [0.2, 0.25) is 0 Å². The summed E-state index contributed by atoms with van der Waals surface area (Å²) in [6.07, 6.45) is 0. The summed E-state index contributed by atoms with van der Waals surface area (Å²) in [7, 11) is 3.95. The van der Waals surface area contributed by atoms with Crippen molar-refractivity contribution >= 4 is 21.7 Å². The Labute approximate surface area is 93.7 Å². The number of halogens is 1. The topological polar surface area (TPSA) is 29.0 Å². The molecule has 0 unspecified atom stereocenters. The molecule has 0 radical (unpaired) electrons. The van der Waals surface area contributed by atoms with Gasteiger partial charge in [0.05, 0.1) is 0 Å². The van der Waals surface area contributed by atoms with E-state index in [0.717, 1.165) is 16.2 Å². The highest BCUT2D eigenvalue weighted by molar-refractivity contribution is 9.10. The molecule has 0 spiro atoms. The molecule has 14 heavy (non-hydrogen) atoms. The Morgan fingerprint density at radius 2 is 1.79 bits per heavy atom. The maximum Gasteiger partial charge on any atom is 0.137 e. The summed E-state index contributed by atoms with van der Waals surface area (Å²) in [6.45, 7) is 6.32. The monoisotopic (exact) mass is 257 g/mol. The van der Waals surface area contributed by atoms with Crippen LogP contribution >= 0.6 is 15.9 Å². The predicted octanol–water partition coefficient (Wildman–Crippen LogP) is 2.60.